The lowest BCUT2D eigenvalue weighted by atomic mass is 10.2. The van der Waals surface area contributed by atoms with Crippen LogP contribution in [0.5, 0.6) is 0 Å². The first kappa shape index (κ1) is 14.3. The zero-order chi connectivity index (χ0) is 14.0. The van der Waals surface area contributed by atoms with Crippen molar-refractivity contribution in [3.63, 3.8) is 0 Å². The highest BCUT2D eigenvalue weighted by Gasteiger charge is 2.18. The van der Waals surface area contributed by atoms with Crippen LogP contribution in [0.15, 0.2) is 23.1 Å². The summed E-state index contributed by atoms with van der Waals surface area (Å²) >= 11 is 0. The minimum absolute atomic E-state index is 0.228. The summed E-state index contributed by atoms with van der Waals surface area (Å²) in [4.78, 5) is 4.65. The molecule has 0 aliphatic carbocycles. The Labute approximate surface area is 114 Å². The van der Waals surface area contributed by atoms with Gasteiger partial charge in [0.05, 0.1) is 11.5 Å². The number of hydrogen-bond acceptors (Lipinski definition) is 5. The van der Waals surface area contributed by atoms with Crippen LogP contribution in [-0.4, -0.2) is 57.9 Å². The van der Waals surface area contributed by atoms with Crippen LogP contribution in [-0.2, 0) is 16.4 Å². The number of anilines is 1. The van der Waals surface area contributed by atoms with Gasteiger partial charge in [-0.25, -0.2) is 8.42 Å². The van der Waals surface area contributed by atoms with Crippen LogP contribution in [0.2, 0.25) is 0 Å². The molecule has 2 rings (SSSR count). The molecule has 0 saturated carbocycles. The van der Waals surface area contributed by atoms with Crippen LogP contribution in [0.1, 0.15) is 5.56 Å². The monoisotopic (exact) mass is 284 g/mol. The Morgan fingerprint density at radius 2 is 1.84 bits per heavy atom. The van der Waals surface area contributed by atoms with Crippen molar-refractivity contribution in [3.05, 3.63) is 23.8 Å². The maximum atomic E-state index is 11.8. The summed E-state index contributed by atoms with van der Waals surface area (Å²) in [6, 6.07) is 5.25. The van der Waals surface area contributed by atoms with E-state index < -0.39 is 9.84 Å². The van der Waals surface area contributed by atoms with Crippen molar-refractivity contribution < 1.29 is 13.5 Å². The lowest BCUT2D eigenvalue weighted by molar-refractivity contribution is 0.278. The zero-order valence-electron chi connectivity index (χ0n) is 11.3. The summed E-state index contributed by atoms with van der Waals surface area (Å²) in [5, 5.41) is 9.23. The number of sulfone groups is 1. The molecular weight excluding hydrogens is 264 g/mol. The van der Waals surface area contributed by atoms with E-state index in [1.807, 2.05) is 6.07 Å². The van der Waals surface area contributed by atoms with Gasteiger partial charge >= 0.3 is 0 Å². The molecule has 0 radical (unpaired) electrons. The van der Waals surface area contributed by atoms with E-state index in [1.54, 1.807) is 12.1 Å². The highest BCUT2D eigenvalue weighted by Crippen LogP contribution is 2.24. The van der Waals surface area contributed by atoms with E-state index in [0.717, 1.165) is 31.9 Å². The first-order valence-corrected chi connectivity index (χ1v) is 8.18. The summed E-state index contributed by atoms with van der Waals surface area (Å²) in [7, 11) is -1.24. The van der Waals surface area contributed by atoms with E-state index >= 15 is 0 Å². The number of rotatable bonds is 3. The van der Waals surface area contributed by atoms with E-state index in [9.17, 15) is 13.5 Å². The average molecular weight is 284 g/mol. The van der Waals surface area contributed by atoms with Crippen LogP contribution in [0.25, 0.3) is 0 Å². The molecular formula is C13H20N2O3S. The minimum atomic E-state index is -3.31. The fourth-order valence-corrected chi connectivity index (χ4v) is 3.22. The largest absolute Gasteiger partial charge is 0.392 e. The molecule has 1 aliphatic heterocycles. The number of benzene rings is 1. The molecule has 1 saturated heterocycles. The molecule has 0 amide bonds. The van der Waals surface area contributed by atoms with Crippen molar-refractivity contribution in [3.8, 4) is 0 Å². The van der Waals surface area contributed by atoms with E-state index in [4.69, 9.17) is 0 Å². The molecule has 1 aromatic rings. The maximum Gasteiger partial charge on any atom is 0.175 e. The van der Waals surface area contributed by atoms with Gasteiger partial charge in [-0.3, -0.25) is 0 Å². The molecule has 1 aliphatic rings. The number of nitrogens with zero attached hydrogens (tertiary/aromatic N) is 2. The predicted octanol–water partition coefficient (Wildman–Crippen LogP) is 0.334. The topological polar surface area (TPSA) is 60.9 Å². The molecule has 6 heteroatoms. The smallest absolute Gasteiger partial charge is 0.175 e. The Bertz CT molecular complexity index is 549. The molecule has 0 bridgehead atoms. The average Bonchev–Trinajstić information content (AvgIpc) is 2.38. The minimum Gasteiger partial charge on any atom is -0.392 e. The molecule has 19 heavy (non-hydrogen) atoms. The number of likely N-dealkylation sites (N-methyl/N-ethyl adjacent to an activating group) is 1. The van der Waals surface area contributed by atoms with Crippen molar-refractivity contribution in [1.29, 1.82) is 0 Å². The Morgan fingerprint density at radius 1 is 1.21 bits per heavy atom. The third-order valence-electron chi connectivity index (χ3n) is 3.49. The number of aliphatic hydroxyl groups is 1. The fraction of sp³-hybridized carbons (Fsp3) is 0.538. The third-order valence-corrected chi connectivity index (χ3v) is 4.67. The summed E-state index contributed by atoms with van der Waals surface area (Å²) in [5.74, 6) is 0. The van der Waals surface area contributed by atoms with Gasteiger partial charge in [-0.05, 0) is 24.7 Å². The molecule has 106 valence electrons. The Morgan fingerprint density at radius 3 is 2.37 bits per heavy atom. The molecule has 1 aromatic carbocycles. The van der Waals surface area contributed by atoms with E-state index in [0.29, 0.717) is 5.56 Å². The van der Waals surface area contributed by atoms with Gasteiger partial charge in [-0.2, -0.15) is 0 Å². The molecule has 0 aromatic heterocycles. The van der Waals surface area contributed by atoms with Gasteiger partial charge < -0.3 is 14.9 Å². The fourth-order valence-electron chi connectivity index (χ4n) is 2.28. The Balaban J connectivity index is 2.33. The van der Waals surface area contributed by atoms with Crippen LogP contribution in [0, 0.1) is 0 Å². The quantitative estimate of drug-likeness (QED) is 0.867. The second kappa shape index (κ2) is 5.48. The van der Waals surface area contributed by atoms with Gasteiger partial charge in [-0.15, -0.1) is 0 Å². The van der Waals surface area contributed by atoms with Crippen molar-refractivity contribution in [2.45, 2.75) is 11.5 Å². The first-order valence-electron chi connectivity index (χ1n) is 6.29. The third kappa shape index (κ3) is 3.26. The van der Waals surface area contributed by atoms with Gasteiger partial charge in [0.25, 0.3) is 0 Å². The second-order valence-electron chi connectivity index (χ2n) is 5.01. The van der Waals surface area contributed by atoms with Crippen molar-refractivity contribution >= 4 is 15.5 Å². The Kier molecular flexibility index (Phi) is 4.13. The van der Waals surface area contributed by atoms with Crippen molar-refractivity contribution in [1.82, 2.24) is 4.90 Å². The zero-order valence-corrected chi connectivity index (χ0v) is 12.2. The van der Waals surface area contributed by atoms with Crippen LogP contribution < -0.4 is 4.90 Å². The molecule has 1 N–H and O–H groups in total. The van der Waals surface area contributed by atoms with Crippen molar-refractivity contribution in [2.75, 3.05) is 44.4 Å². The highest BCUT2D eigenvalue weighted by molar-refractivity contribution is 7.90. The number of piperazine rings is 1. The first-order chi connectivity index (χ1) is 8.91. The van der Waals surface area contributed by atoms with Gasteiger partial charge in [0, 0.05) is 38.1 Å². The standard InChI is InChI=1S/C13H20N2O3S/c1-14-5-7-15(8-6-14)12-4-3-11(10-16)13(9-12)19(2,17)18/h3-4,9,16H,5-8,10H2,1-2H3. The van der Waals surface area contributed by atoms with Crippen LogP contribution in [0.4, 0.5) is 5.69 Å². The van der Waals surface area contributed by atoms with E-state index in [2.05, 4.69) is 16.8 Å². The van der Waals surface area contributed by atoms with Crippen LogP contribution in [0.3, 0.4) is 0 Å². The number of hydrogen-bond donors (Lipinski definition) is 1. The summed E-state index contributed by atoms with van der Waals surface area (Å²) < 4.78 is 23.5. The maximum absolute atomic E-state index is 11.8. The molecule has 1 fully saturated rings. The van der Waals surface area contributed by atoms with Crippen molar-refractivity contribution in [2.24, 2.45) is 0 Å². The van der Waals surface area contributed by atoms with Gasteiger partial charge in [-0.1, -0.05) is 6.07 Å². The van der Waals surface area contributed by atoms with E-state index in [1.165, 1.54) is 6.26 Å². The summed E-state index contributed by atoms with van der Waals surface area (Å²) in [6.07, 6.45) is 1.18. The molecule has 5 nitrogen and oxygen atoms in total. The second-order valence-corrected chi connectivity index (χ2v) is 7.00. The lowest BCUT2D eigenvalue weighted by Gasteiger charge is -2.34. The van der Waals surface area contributed by atoms with Crippen LogP contribution >= 0.6 is 0 Å². The molecule has 0 unspecified atom stereocenters. The summed E-state index contributed by atoms with van der Waals surface area (Å²) in [6.45, 7) is 3.45. The highest BCUT2D eigenvalue weighted by atomic mass is 32.2. The molecule has 0 spiro atoms. The van der Waals surface area contributed by atoms with E-state index in [-0.39, 0.29) is 11.5 Å². The lowest BCUT2D eigenvalue weighted by Crippen LogP contribution is -2.44. The normalized spacial score (nSPS) is 17.7. The SMILES string of the molecule is CN1CCN(c2ccc(CO)c(S(C)(=O)=O)c2)CC1. The number of aliphatic hydroxyl groups excluding tert-OH is 1. The molecule has 0 atom stereocenters. The Hall–Kier alpha value is -1.11. The van der Waals surface area contributed by atoms with Gasteiger partial charge in [0.2, 0.25) is 0 Å². The summed E-state index contributed by atoms with van der Waals surface area (Å²) in [5.41, 5.74) is 1.37. The van der Waals surface area contributed by atoms with Gasteiger partial charge in [0.1, 0.15) is 0 Å². The molecule has 1 heterocycles. The van der Waals surface area contributed by atoms with Gasteiger partial charge in [0.15, 0.2) is 9.84 Å². The predicted molar refractivity (Wildman–Crippen MR) is 75.2 cm³/mol.